The lowest BCUT2D eigenvalue weighted by molar-refractivity contribution is 0.190. The molecule has 0 radical (unpaired) electrons. The summed E-state index contributed by atoms with van der Waals surface area (Å²) >= 11 is 0. The van der Waals surface area contributed by atoms with Crippen molar-refractivity contribution in [3.8, 4) is 0 Å². The highest BCUT2D eigenvalue weighted by molar-refractivity contribution is 7.89. The zero-order valence-corrected chi connectivity index (χ0v) is 12.2. The van der Waals surface area contributed by atoms with Crippen LogP contribution in [0.3, 0.4) is 0 Å². The molecule has 1 rings (SSSR count). The first-order valence-corrected chi connectivity index (χ1v) is 8.62. The summed E-state index contributed by atoms with van der Waals surface area (Å²) in [7, 11) is -1.12. The molecule has 1 fully saturated rings. The quantitative estimate of drug-likeness (QED) is 0.634. The molecule has 1 saturated carbocycles. The molecule has 0 bridgehead atoms. The molecule has 0 heterocycles. The maximum Gasteiger partial charge on any atom is 0.210 e. The van der Waals surface area contributed by atoms with Gasteiger partial charge in [0.15, 0.2) is 0 Å². The summed E-state index contributed by atoms with van der Waals surface area (Å²) in [5.74, 6) is 0.0193. The highest BCUT2D eigenvalue weighted by Gasteiger charge is 2.17. The fraction of sp³-hybridized carbons (Fsp3) is 1.00. The Kier molecular flexibility index (Phi) is 7.14. The molecule has 0 atom stereocenters. The van der Waals surface area contributed by atoms with Gasteiger partial charge in [0.1, 0.15) is 0 Å². The summed E-state index contributed by atoms with van der Waals surface area (Å²) in [6.45, 7) is 2.38. The van der Waals surface area contributed by atoms with Crippen molar-refractivity contribution < 1.29 is 8.42 Å². The molecule has 1 aliphatic rings. The molecular formula is C12H27N3O2S. The lowest BCUT2D eigenvalue weighted by atomic mass is 9.94. The predicted octanol–water partition coefficient (Wildman–Crippen LogP) is 0.519. The molecule has 18 heavy (non-hydrogen) atoms. The van der Waals surface area contributed by atoms with Crippen molar-refractivity contribution in [3.63, 3.8) is 0 Å². The fourth-order valence-corrected chi connectivity index (χ4v) is 2.93. The molecule has 0 aliphatic heterocycles. The number of nitrogens with zero attached hydrogens (tertiary/aromatic N) is 1. The first-order valence-electron chi connectivity index (χ1n) is 6.90. The smallest absolute Gasteiger partial charge is 0.210 e. The van der Waals surface area contributed by atoms with Crippen LogP contribution in [0.1, 0.15) is 38.5 Å². The van der Waals surface area contributed by atoms with E-state index < -0.39 is 10.0 Å². The van der Waals surface area contributed by atoms with Gasteiger partial charge in [-0.15, -0.1) is 0 Å². The Morgan fingerprint density at radius 1 is 1.22 bits per heavy atom. The zero-order chi connectivity index (χ0) is 13.4. The van der Waals surface area contributed by atoms with E-state index in [0.717, 1.165) is 25.6 Å². The monoisotopic (exact) mass is 277 g/mol. The van der Waals surface area contributed by atoms with Gasteiger partial charge in [0.25, 0.3) is 0 Å². The van der Waals surface area contributed by atoms with Crippen LogP contribution in [0.5, 0.6) is 0 Å². The molecule has 0 aromatic heterocycles. The van der Waals surface area contributed by atoms with E-state index in [1.807, 2.05) is 0 Å². The van der Waals surface area contributed by atoms with E-state index in [2.05, 4.69) is 17.3 Å². The third-order valence-corrected chi connectivity index (χ3v) is 4.40. The highest BCUT2D eigenvalue weighted by atomic mass is 32.2. The average molecular weight is 277 g/mol. The van der Waals surface area contributed by atoms with Gasteiger partial charge in [-0.05, 0) is 39.4 Å². The minimum atomic E-state index is -3.32. The first kappa shape index (κ1) is 15.9. The molecule has 0 saturated heterocycles. The molecular weight excluding hydrogens is 250 g/mol. The Labute approximate surface area is 111 Å². The molecule has 3 N–H and O–H groups in total. The maximum atomic E-state index is 10.7. The van der Waals surface area contributed by atoms with E-state index in [0.29, 0.717) is 6.54 Å². The van der Waals surface area contributed by atoms with E-state index in [1.54, 1.807) is 0 Å². The number of nitrogens with two attached hydrogens (primary N) is 1. The maximum absolute atomic E-state index is 10.7. The lowest BCUT2D eigenvalue weighted by Gasteiger charge is -2.31. The predicted molar refractivity (Wildman–Crippen MR) is 75.0 cm³/mol. The Morgan fingerprint density at radius 3 is 2.50 bits per heavy atom. The van der Waals surface area contributed by atoms with Crippen LogP contribution in [0.4, 0.5) is 0 Å². The van der Waals surface area contributed by atoms with Gasteiger partial charge in [0.05, 0.1) is 5.75 Å². The normalized spacial score (nSPS) is 18.4. The molecule has 0 unspecified atom stereocenters. The van der Waals surface area contributed by atoms with Crippen molar-refractivity contribution in [2.24, 2.45) is 5.14 Å². The second-order valence-electron chi connectivity index (χ2n) is 5.24. The van der Waals surface area contributed by atoms with Gasteiger partial charge in [0.2, 0.25) is 10.0 Å². The number of hydrogen-bond acceptors (Lipinski definition) is 4. The van der Waals surface area contributed by atoms with Crippen LogP contribution < -0.4 is 10.5 Å². The summed E-state index contributed by atoms with van der Waals surface area (Å²) in [4.78, 5) is 2.44. The van der Waals surface area contributed by atoms with E-state index in [-0.39, 0.29) is 5.75 Å². The molecule has 0 aromatic rings. The van der Waals surface area contributed by atoms with E-state index in [9.17, 15) is 8.42 Å². The second kappa shape index (κ2) is 8.09. The SMILES string of the molecule is CN(CCCNCCS(N)(=O)=O)C1CCCCC1. The van der Waals surface area contributed by atoms with Gasteiger partial charge < -0.3 is 10.2 Å². The third kappa shape index (κ3) is 7.31. The van der Waals surface area contributed by atoms with Gasteiger partial charge in [-0.3, -0.25) is 0 Å². The van der Waals surface area contributed by atoms with Crippen molar-refractivity contribution in [1.29, 1.82) is 0 Å². The standard InChI is InChI=1S/C12H27N3O2S/c1-15(12-6-3-2-4-7-12)10-5-8-14-9-11-18(13,16)17/h12,14H,2-11H2,1H3,(H2,13,16,17). The third-order valence-electron chi connectivity index (χ3n) is 3.63. The molecule has 6 heteroatoms. The van der Waals surface area contributed by atoms with Crippen molar-refractivity contribution in [2.45, 2.75) is 44.6 Å². The van der Waals surface area contributed by atoms with Crippen LogP contribution in [0.2, 0.25) is 0 Å². The van der Waals surface area contributed by atoms with Gasteiger partial charge in [-0.1, -0.05) is 19.3 Å². The van der Waals surface area contributed by atoms with Crippen LogP contribution in [-0.4, -0.2) is 51.8 Å². The lowest BCUT2D eigenvalue weighted by Crippen LogP contribution is -2.35. The average Bonchev–Trinajstić information content (AvgIpc) is 2.33. The largest absolute Gasteiger partial charge is 0.316 e. The van der Waals surface area contributed by atoms with Crippen molar-refractivity contribution in [1.82, 2.24) is 10.2 Å². The summed E-state index contributed by atoms with van der Waals surface area (Å²) in [6.07, 6.45) is 7.82. The molecule has 108 valence electrons. The van der Waals surface area contributed by atoms with Crippen LogP contribution in [0.15, 0.2) is 0 Å². The van der Waals surface area contributed by atoms with E-state index >= 15 is 0 Å². The molecule has 1 aliphatic carbocycles. The van der Waals surface area contributed by atoms with Crippen LogP contribution in [-0.2, 0) is 10.0 Å². The first-order chi connectivity index (χ1) is 8.49. The Bertz CT molecular complexity index is 313. The summed E-state index contributed by atoms with van der Waals surface area (Å²) < 4.78 is 21.4. The van der Waals surface area contributed by atoms with Crippen LogP contribution in [0, 0.1) is 0 Å². The summed E-state index contributed by atoms with van der Waals surface area (Å²) in [5, 5.41) is 8.03. The Morgan fingerprint density at radius 2 is 1.89 bits per heavy atom. The summed E-state index contributed by atoms with van der Waals surface area (Å²) in [5.41, 5.74) is 0. The number of sulfonamides is 1. The number of primary sulfonamides is 1. The van der Waals surface area contributed by atoms with Gasteiger partial charge in [-0.2, -0.15) is 0 Å². The number of rotatable bonds is 8. The summed E-state index contributed by atoms with van der Waals surface area (Å²) in [6, 6.07) is 0.753. The second-order valence-corrected chi connectivity index (χ2v) is 6.98. The van der Waals surface area contributed by atoms with Crippen molar-refractivity contribution in [3.05, 3.63) is 0 Å². The fourth-order valence-electron chi connectivity index (χ4n) is 2.50. The zero-order valence-electron chi connectivity index (χ0n) is 11.4. The van der Waals surface area contributed by atoms with Crippen LogP contribution >= 0.6 is 0 Å². The minimum absolute atomic E-state index is 0.0193. The van der Waals surface area contributed by atoms with E-state index in [4.69, 9.17) is 5.14 Å². The van der Waals surface area contributed by atoms with E-state index in [1.165, 1.54) is 32.1 Å². The number of hydrogen-bond donors (Lipinski definition) is 2. The van der Waals surface area contributed by atoms with Gasteiger partial charge in [-0.25, -0.2) is 13.6 Å². The van der Waals surface area contributed by atoms with Gasteiger partial charge >= 0.3 is 0 Å². The molecule has 0 amide bonds. The van der Waals surface area contributed by atoms with Crippen molar-refractivity contribution in [2.75, 3.05) is 32.4 Å². The minimum Gasteiger partial charge on any atom is -0.316 e. The Balaban J connectivity index is 2.00. The molecule has 0 spiro atoms. The molecule has 5 nitrogen and oxygen atoms in total. The van der Waals surface area contributed by atoms with Crippen LogP contribution in [0.25, 0.3) is 0 Å². The topological polar surface area (TPSA) is 75.4 Å². The molecule has 0 aromatic carbocycles. The van der Waals surface area contributed by atoms with Gasteiger partial charge in [0, 0.05) is 12.6 Å². The highest BCUT2D eigenvalue weighted by Crippen LogP contribution is 2.21. The Hall–Kier alpha value is -0.170. The number of nitrogens with one attached hydrogen (secondary N) is 1. The van der Waals surface area contributed by atoms with Crippen molar-refractivity contribution >= 4 is 10.0 Å².